The average Bonchev–Trinajstić information content (AvgIpc) is 2.55. The molecule has 0 unspecified atom stereocenters. The standard InChI is InChI=1S/C19H23NO4S/c1-5-14-8-6-7-13(4)18(14)20-25(23,24)17-11-15(19(21)22)9-10-16(17)12(2)3/h6-12,20H,5H2,1-4H3,(H,21,22). The molecular weight excluding hydrogens is 338 g/mol. The Morgan fingerprint density at radius 1 is 1.20 bits per heavy atom. The van der Waals surface area contributed by atoms with Crippen molar-refractivity contribution in [1.82, 2.24) is 0 Å². The zero-order chi connectivity index (χ0) is 18.8. The number of carbonyl (C=O) groups is 1. The predicted octanol–water partition coefficient (Wildman–Crippen LogP) is 4.18. The topological polar surface area (TPSA) is 83.5 Å². The molecule has 0 fully saturated rings. The van der Waals surface area contributed by atoms with E-state index in [1.54, 1.807) is 6.07 Å². The number of hydrogen-bond acceptors (Lipinski definition) is 3. The van der Waals surface area contributed by atoms with Gasteiger partial charge in [-0.15, -0.1) is 0 Å². The van der Waals surface area contributed by atoms with E-state index in [2.05, 4.69) is 4.72 Å². The van der Waals surface area contributed by atoms with E-state index < -0.39 is 16.0 Å². The summed E-state index contributed by atoms with van der Waals surface area (Å²) in [6, 6.07) is 9.83. The van der Waals surface area contributed by atoms with Crippen LogP contribution >= 0.6 is 0 Å². The van der Waals surface area contributed by atoms with Gasteiger partial charge in [0.15, 0.2) is 0 Å². The Morgan fingerprint density at radius 2 is 1.88 bits per heavy atom. The number of aryl methyl sites for hydroxylation is 2. The van der Waals surface area contributed by atoms with Crippen molar-refractivity contribution in [3.63, 3.8) is 0 Å². The van der Waals surface area contributed by atoms with Crippen molar-refractivity contribution in [2.24, 2.45) is 0 Å². The second-order valence-corrected chi connectivity index (χ2v) is 7.93. The van der Waals surface area contributed by atoms with Crippen molar-refractivity contribution >= 4 is 21.7 Å². The Kier molecular flexibility index (Phi) is 5.52. The minimum absolute atomic E-state index is 0.00714. The number of nitrogens with one attached hydrogen (secondary N) is 1. The minimum Gasteiger partial charge on any atom is -0.478 e. The Balaban J connectivity index is 2.60. The summed E-state index contributed by atoms with van der Waals surface area (Å²) in [4.78, 5) is 11.3. The summed E-state index contributed by atoms with van der Waals surface area (Å²) >= 11 is 0. The first-order valence-corrected chi connectivity index (χ1v) is 9.64. The molecule has 0 aliphatic heterocycles. The summed E-state index contributed by atoms with van der Waals surface area (Å²) in [6.45, 7) is 7.55. The summed E-state index contributed by atoms with van der Waals surface area (Å²) in [7, 11) is -3.91. The highest BCUT2D eigenvalue weighted by atomic mass is 32.2. The Hall–Kier alpha value is -2.34. The lowest BCUT2D eigenvalue weighted by Crippen LogP contribution is -2.18. The van der Waals surface area contributed by atoms with Gasteiger partial charge in [-0.2, -0.15) is 0 Å². The lowest BCUT2D eigenvalue weighted by Gasteiger charge is -2.18. The molecule has 0 bridgehead atoms. The van der Waals surface area contributed by atoms with E-state index in [1.165, 1.54) is 12.1 Å². The van der Waals surface area contributed by atoms with Crippen molar-refractivity contribution in [1.29, 1.82) is 0 Å². The lowest BCUT2D eigenvalue weighted by atomic mass is 10.0. The molecule has 25 heavy (non-hydrogen) atoms. The summed E-state index contributed by atoms with van der Waals surface area (Å²) in [6.07, 6.45) is 0.686. The number of para-hydroxylation sites is 1. The molecule has 2 N–H and O–H groups in total. The van der Waals surface area contributed by atoms with E-state index in [9.17, 15) is 18.3 Å². The number of carboxylic acids is 1. The summed E-state index contributed by atoms with van der Waals surface area (Å²) in [5.74, 6) is -1.21. The number of rotatable bonds is 6. The largest absolute Gasteiger partial charge is 0.478 e. The second-order valence-electron chi connectivity index (χ2n) is 6.28. The SMILES string of the molecule is CCc1cccc(C)c1NS(=O)(=O)c1cc(C(=O)O)ccc1C(C)C. The summed E-state index contributed by atoms with van der Waals surface area (Å²) < 4.78 is 28.7. The van der Waals surface area contributed by atoms with Crippen molar-refractivity contribution in [3.05, 3.63) is 58.7 Å². The second kappa shape index (κ2) is 7.27. The van der Waals surface area contributed by atoms with Crippen LogP contribution < -0.4 is 4.72 Å². The highest BCUT2D eigenvalue weighted by molar-refractivity contribution is 7.92. The van der Waals surface area contributed by atoms with Crippen molar-refractivity contribution in [2.45, 2.75) is 44.9 Å². The number of benzene rings is 2. The van der Waals surface area contributed by atoms with Gasteiger partial charge in [-0.05, 0) is 48.1 Å². The summed E-state index contributed by atoms with van der Waals surface area (Å²) in [5.41, 5.74) is 2.81. The molecule has 0 amide bonds. The number of aromatic carboxylic acids is 1. The third-order valence-corrected chi connectivity index (χ3v) is 5.55. The molecule has 0 heterocycles. The molecular formula is C19H23NO4S. The molecule has 0 saturated carbocycles. The Bertz CT molecular complexity index is 902. The molecule has 0 aliphatic carbocycles. The zero-order valence-electron chi connectivity index (χ0n) is 14.8. The van der Waals surface area contributed by atoms with Gasteiger partial charge >= 0.3 is 5.97 Å². The maximum absolute atomic E-state index is 13.0. The molecule has 2 aromatic carbocycles. The van der Waals surface area contributed by atoms with Crippen LogP contribution in [0.3, 0.4) is 0 Å². The van der Waals surface area contributed by atoms with E-state index in [1.807, 2.05) is 45.9 Å². The van der Waals surface area contributed by atoms with Gasteiger partial charge in [-0.1, -0.05) is 45.0 Å². The van der Waals surface area contributed by atoms with Gasteiger partial charge in [0.1, 0.15) is 0 Å². The molecule has 2 aromatic rings. The van der Waals surface area contributed by atoms with E-state index in [0.29, 0.717) is 17.7 Å². The van der Waals surface area contributed by atoms with Crippen molar-refractivity contribution < 1.29 is 18.3 Å². The van der Waals surface area contributed by atoms with Gasteiger partial charge in [-0.3, -0.25) is 4.72 Å². The third kappa shape index (κ3) is 4.02. The molecule has 134 valence electrons. The van der Waals surface area contributed by atoms with Gasteiger partial charge in [0.25, 0.3) is 10.0 Å². The van der Waals surface area contributed by atoms with Crippen LogP contribution in [-0.2, 0) is 16.4 Å². The van der Waals surface area contributed by atoms with Gasteiger partial charge in [0.05, 0.1) is 16.1 Å². The van der Waals surface area contributed by atoms with Gasteiger partial charge < -0.3 is 5.11 Å². The highest BCUT2D eigenvalue weighted by Gasteiger charge is 2.23. The number of carboxylic acid groups (broad SMARTS) is 1. The first-order valence-electron chi connectivity index (χ1n) is 8.16. The first kappa shape index (κ1) is 19.0. The van der Waals surface area contributed by atoms with Gasteiger partial charge in [0.2, 0.25) is 0 Å². The number of sulfonamides is 1. The quantitative estimate of drug-likeness (QED) is 0.808. The fourth-order valence-electron chi connectivity index (χ4n) is 2.74. The lowest BCUT2D eigenvalue weighted by molar-refractivity contribution is 0.0696. The maximum atomic E-state index is 13.0. The third-order valence-electron chi connectivity index (χ3n) is 4.15. The van der Waals surface area contributed by atoms with Crippen LogP contribution in [0.25, 0.3) is 0 Å². The van der Waals surface area contributed by atoms with Gasteiger partial charge in [-0.25, -0.2) is 13.2 Å². The van der Waals surface area contributed by atoms with E-state index >= 15 is 0 Å². The van der Waals surface area contributed by atoms with Crippen LogP contribution in [0.5, 0.6) is 0 Å². The molecule has 0 spiro atoms. The molecule has 5 nitrogen and oxygen atoms in total. The fourth-order valence-corrected chi connectivity index (χ4v) is 4.30. The van der Waals surface area contributed by atoms with E-state index in [4.69, 9.17) is 0 Å². The zero-order valence-corrected chi connectivity index (χ0v) is 15.6. The van der Waals surface area contributed by atoms with E-state index in [-0.39, 0.29) is 16.4 Å². The van der Waals surface area contributed by atoms with Crippen molar-refractivity contribution in [3.8, 4) is 0 Å². The molecule has 2 rings (SSSR count). The Labute approximate surface area is 148 Å². The van der Waals surface area contributed by atoms with E-state index in [0.717, 1.165) is 11.1 Å². The van der Waals surface area contributed by atoms with Crippen LogP contribution in [-0.4, -0.2) is 19.5 Å². The highest BCUT2D eigenvalue weighted by Crippen LogP contribution is 2.29. The van der Waals surface area contributed by atoms with Crippen LogP contribution in [0.2, 0.25) is 0 Å². The minimum atomic E-state index is -3.91. The number of hydrogen-bond donors (Lipinski definition) is 2. The smallest absolute Gasteiger partial charge is 0.335 e. The van der Waals surface area contributed by atoms with Crippen LogP contribution in [0.1, 0.15) is 53.7 Å². The monoisotopic (exact) mass is 361 g/mol. The fraction of sp³-hybridized carbons (Fsp3) is 0.316. The predicted molar refractivity (Wildman–Crippen MR) is 98.9 cm³/mol. The van der Waals surface area contributed by atoms with Crippen LogP contribution in [0.15, 0.2) is 41.3 Å². The van der Waals surface area contributed by atoms with Crippen LogP contribution in [0.4, 0.5) is 5.69 Å². The van der Waals surface area contributed by atoms with Crippen molar-refractivity contribution in [2.75, 3.05) is 4.72 Å². The molecule has 6 heteroatoms. The summed E-state index contributed by atoms with van der Waals surface area (Å²) in [5, 5.41) is 9.21. The molecule has 0 radical (unpaired) electrons. The normalized spacial score (nSPS) is 11.6. The average molecular weight is 361 g/mol. The van der Waals surface area contributed by atoms with Gasteiger partial charge in [0, 0.05) is 0 Å². The molecule has 0 aliphatic rings. The molecule has 0 aromatic heterocycles. The Morgan fingerprint density at radius 3 is 2.44 bits per heavy atom. The molecule has 0 saturated heterocycles. The maximum Gasteiger partial charge on any atom is 0.335 e. The van der Waals surface area contributed by atoms with Crippen LogP contribution in [0, 0.1) is 6.92 Å². The number of anilines is 1. The molecule has 0 atom stereocenters. The first-order chi connectivity index (χ1) is 11.7.